The van der Waals surface area contributed by atoms with E-state index < -0.39 is 5.82 Å². The molecule has 18 heavy (non-hydrogen) atoms. The molecule has 1 aliphatic rings. The number of hydrogen-bond acceptors (Lipinski definition) is 3. The van der Waals surface area contributed by atoms with E-state index >= 15 is 0 Å². The van der Waals surface area contributed by atoms with Crippen molar-refractivity contribution in [3.8, 4) is 5.75 Å². The summed E-state index contributed by atoms with van der Waals surface area (Å²) >= 11 is 0. The summed E-state index contributed by atoms with van der Waals surface area (Å²) in [5, 5.41) is 0. The number of halogens is 1. The Morgan fingerprint density at radius 1 is 1.39 bits per heavy atom. The van der Waals surface area contributed by atoms with E-state index in [0.29, 0.717) is 12.1 Å². The third kappa shape index (κ3) is 2.79. The summed E-state index contributed by atoms with van der Waals surface area (Å²) in [6, 6.07) is 4.30. The van der Waals surface area contributed by atoms with Crippen LogP contribution in [0.25, 0.3) is 0 Å². The first-order valence-corrected chi connectivity index (χ1v) is 6.14. The number of ether oxygens (including phenoxy) is 1. The fourth-order valence-electron chi connectivity index (χ4n) is 2.02. The van der Waals surface area contributed by atoms with Crippen LogP contribution >= 0.6 is 0 Å². The van der Waals surface area contributed by atoms with Crippen LogP contribution in [-0.4, -0.2) is 37.0 Å². The highest BCUT2D eigenvalue weighted by Gasteiger charge is 2.20. The van der Waals surface area contributed by atoms with Crippen LogP contribution in [0.3, 0.4) is 0 Å². The SMILES string of the molecule is NCCOc1ccc(C(=O)N2CCCC2)cc1F. The number of nitrogens with two attached hydrogens (primary N) is 1. The van der Waals surface area contributed by atoms with Crippen molar-refractivity contribution >= 4 is 5.91 Å². The largest absolute Gasteiger partial charge is 0.489 e. The van der Waals surface area contributed by atoms with Gasteiger partial charge in [-0.3, -0.25) is 4.79 Å². The molecule has 0 saturated carbocycles. The molecule has 0 spiro atoms. The van der Waals surface area contributed by atoms with Gasteiger partial charge in [-0.1, -0.05) is 0 Å². The van der Waals surface area contributed by atoms with Gasteiger partial charge in [0.1, 0.15) is 6.61 Å². The summed E-state index contributed by atoms with van der Waals surface area (Å²) in [7, 11) is 0. The molecule has 0 bridgehead atoms. The maximum absolute atomic E-state index is 13.7. The van der Waals surface area contributed by atoms with Crippen LogP contribution in [0.15, 0.2) is 18.2 Å². The normalized spacial score (nSPS) is 14.9. The summed E-state index contributed by atoms with van der Waals surface area (Å²) in [5.41, 5.74) is 5.65. The van der Waals surface area contributed by atoms with E-state index in [0.717, 1.165) is 25.9 Å². The number of nitrogens with zero attached hydrogens (tertiary/aromatic N) is 1. The Morgan fingerprint density at radius 3 is 2.72 bits per heavy atom. The molecule has 0 radical (unpaired) electrons. The van der Waals surface area contributed by atoms with Crippen molar-refractivity contribution in [3.63, 3.8) is 0 Å². The zero-order valence-corrected chi connectivity index (χ0v) is 10.2. The Balaban J connectivity index is 2.10. The zero-order chi connectivity index (χ0) is 13.0. The highest BCUT2D eigenvalue weighted by atomic mass is 19.1. The highest BCUT2D eigenvalue weighted by Crippen LogP contribution is 2.20. The number of amides is 1. The molecule has 1 aromatic carbocycles. The van der Waals surface area contributed by atoms with E-state index in [-0.39, 0.29) is 18.3 Å². The van der Waals surface area contributed by atoms with Gasteiger partial charge in [0, 0.05) is 25.2 Å². The maximum atomic E-state index is 13.7. The Morgan fingerprint density at radius 2 is 2.11 bits per heavy atom. The Kier molecular flexibility index (Phi) is 4.15. The third-order valence-electron chi connectivity index (χ3n) is 2.95. The van der Waals surface area contributed by atoms with Crippen molar-refractivity contribution in [2.24, 2.45) is 5.73 Å². The summed E-state index contributed by atoms with van der Waals surface area (Å²) < 4.78 is 18.8. The molecule has 5 heteroatoms. The van der Waals surface area contributed by atoms with Crippen LogP contribution in [0.4, 0.5) is 4.39 Å². The van der Waals surface area contributed by atoms with Gasteiger partial charge in [0.2, 0.25) is 0 Å². The molecule has 2 rings (SSSR count). The fraction of sp³-hybridized carbons (Fsp3) is 0.462. The van der Waals surface area contributed by atoms with Crippen molar-refractivity contribution in [3.05, 3.63) is 29.6 Å². The predicted molar refractivity (Wildman–Crippen MR) is 66.1 cm³/mol. The second-order valence-corrected chi connectivity index (χ2v) is 4.28. The van der Waals surface area contributed by atoms with E-state index in [1.54, 1.807) is 11.0 Å². The topological polar surface area (TPSA) is 55.6 Å². The molecule has 0 atom stereocenters. The van der Waals surface area contributed by atoms with Crippen LogP contribution in [0.2, 0.25) is 0 Å². The summed E-state index contributed by atoms with van der Waals surface area (Å²) in [6.07, 6.45) is 2.04. The number of hydrogen-bond donors (Lipinski definition) is 1. The van der Waals surface area contributed by atoms with Gasteiger partial charge >= 0.3 is 0 Å². The second-order valence-electron chi connectivity index (χ2n) is 4.28. The second kappa shape index (κ2) is 5.82. The van der Waals surface area contributed by atoms with Crippen molar-refractivity contribution in [1.82, 2.24) is 4.90 Å². The van der Waals surface area contributed by atoms with Gasteiger partial charge in [-0.25, -0.2) is 4.39 Å². The molecule has 1 amide bonds. The lowest BCUT2D eigenvalue weighted by molar-refractivity contribution is 0.0792. The molecule has 4 nitrogen and oxygen atoms in total. The molecular formula is C13H17FN2O2. The van der Waals surface area contributed by atoms with Crippen LogP contribution in [0.5, 0.6) is 5.75 Å². The van der Waals surface area contributed by atoms with Crippen LogP contribution in [0.1, 0.15) is 23.2 Å². The first-order valence-electron chi connectivity index (χ1n) is 6.14. The van der Waals surface area contributed by atoms with Gasteiger partial charge in [0.05, 0.1) is 0 Å². The number of likely N-dealkylation sites (tertiary alicyclic amines) is 1. The lowest BCUT2D eigenvalue weighted by Gasteiger charge is -2.15. The van der Waals surface area contributed by atoms with Crippen molar-refractivity contribution in [2.75, 3.05) is 26.2 Å². The van der Waals surface area contributed by atoms with E-state index in [9.17, 15) is 9.18 Å². The standard InChI is InChI=1S/C13H17FN2O2/c14-11-9-10(3-4-12(11)18-8-5-15)13(17)16-6-1-2-7-16/h3-4,9H,1-2,5-8,15H2. The molecule has 98 valence electrons. The van der Waals surface area contributed by atoms with E-state index in [2.05, 4.69) is 0 Å². The van der Waals surface area contributed by atoms with Crippen LogP contribution < -0.4 is 10.5 Å². The molecule has 1 saturated heterocycles. The van der Waals surface area contributed by atoms with Crippen molar-refractivity contribution < 1.29 is 13.9 Å². The molecule has 0 aliphatic carbocycles. The molecule has 0 aromatic heterocycles. The zero-order valence-electron chi connectivity index (χ0n) is 10.2. The Hall–Kier alpha value is -1.62. The smallest absolute Gasteiger partial charge is 0.253 e. The monoisotopic (exact) mass is 252 g/mol. The van der Waals surface area contributed by atoms with Crippen molar-refractivity contribution in [1.29, 1.82) is 0 Å². The minimum Gasteiger partial charge on any atom is -0.489 e. The van der Waals surface area contributed by atoms with Gasteiger partial charge in [0.25, 0.3) is 5.91 Å². The molecule has 2 N–H and O–H groups in total. The number of rotatable bonds is 4. The number of benzene rings is 1. The van der Waals surface area contributed by atoms with E-state index in [1.165, 1.54) is 12.1 Å². The predicted octanol–water partition coefficient (Wildman–Crippen LogP) is 1.40. The average Bonchev–Trinajstić information content (AvgIpc) is 2.90. The minimum absolute atomic E-state index is 0.114. The van der Waals surface area contributed by atoms with E-state index in [4.69, 9.17) is 10.5 Å². The van der Waals surface area contributed by atoms with Gasteiger partial charge in [0.15, 0.2) is 11.6 Å². The maximum Gasteiger partial charge on any atom is 0.253 e. The summed E-state index contributed by atoms with van der Waals surface area (Å²) in [5.74, 6) is -0.497. The highest BCUT2D eigenvalue weighted by molar-refractivity contribution is 5.94. The van der Waals surface area contributed by atoms with Gasteiger partial charge in [-0.05, 0) is 31.0 Å². The molecule has 1 heterocycles. The number of carbonyl (C=O) groups excluding carboxylic acids is 1. The van der Waals surface area contributed by atoms with Gasteiger partial charge in [-0.15, -0.1) is 0 Å². The van der Waals surface area contributed by atoms with Gasteiger partial charge in [-0.2, -0.15) is 0 Å². The first-order chi connectivity index (χ1) is 8.72. The average molecular weight is 252 g/mol. The number of carbonyl (C=O) groups is 1. The Labute approximate surface area is 106 Å². The first kappa shape index (κ1) is 12.8. The third-order valence-corrected chi connectivity index (χ3v) is 2.95. The lowest BCUT2D eigenvalue weighted by atomic mass is 10.2. The lowest BCUT2D eigenvalue weighted by Crippen LogP contribution is -2.27. The van der Waals surface area contributed by atoms with E-state index in [1.807, 2.05) is 0 Å². The quantitative estimate of drug-likeness (QED) is 0.881. The molecule has 0 unspecified atom stereocenters. The van der Waals surface area contributed by atoms with Crippen molar-refractivity contribution in [2.45, 2.75) is 12.8 Å². The molecule has 1 aliphatic heterocycles. The summed E-state index contributed by atoms with van der Waals surface area (Å²) in [6.45, 7) is 2.10. The van der Waals surface area contributed by atoms with Gasteiger partial charge < -0.3 is 15.4 Å². The fourth-order valence-corrected chi connectivity index (χ4v) is 2.02. The van der Waals surface area contributed by atoms with Crippen LogP contribution in [0, 0.1) is 5.82 Å². The van der Waals surface area contributed by atoms with Crippen LogP contribution in [-0.2, 0) is 0 Å². The Bertz CT molecular complexity index is 431. The summed E-state index contributed by atoms with van der Waals surface area (Å²) in [4.78, 5) is 13.8. The minimum atomic E-state index is -0.520. The molecular weight excluding hydrogens is 235 g/mol. The molecule has 1 fully saturated rings. The molecule has 1 aromatic rings.